The summed E-state index contributed by atoms with van der Waals surface area (Å²) >= 11 is 0. The summed E-state index contributed by atoms with van der Waals surface area (Å²) < 4.78 is 29.5. The topological polar surface area (TPSA) is 269 Å². The van der Waals surface area contributed by atoms with Crippen LogP contribution in [0.2, 0.25) is 0 Å². The average Bonchev–Trinajstić information content (AvgIpc) is 2.95. The van der Waals surface area contributed by atoms with Crippen LogP contribution in [0.15, 0.2) is 0 Å². The van der Waals surface area contributed by atoms with Crippen LogP contribution in [0.5, 0.6) is 0 Å². The Hall–Kier alpha value is -0.640. The fraction of sp³-hybridized carbons (Fsp3) is 1.00. The van der Waals surface area contributed by atoms with Crippen molar-refractivity contribution in [2.45, 2.75) is 136 Å². The maximum Gasteiger partial charge on any atom is 0.187 e. The highest BCUT2D eigenvalue weighted by molar-refractivity contribution is 5.00. The molecule has 42 heavy (non-hydrogen) atoms. The maximum absolute atomic E-state index is 11.0. The van der Waals surface area contributed by atoms with Gasteiger partial charge < -0.3 is 79.9 Å². The average molecular weight is 613 g/mol. The Morgan fingerprint density at radius 2 is 1.29 bits per heavy atom. The number of ether oxygens (including phenoxy) is 5. The summed E-state index contributed by atoms with van der Waals surface area (Å²) in [5, 5.41) is 113. The van der Waals surface area contributed by atoms with Gasteiger partial charge in [-0.2, -0.15) is 0 Å². The third kappa shape index (κ3) is 6.50. The van der Waals surface area contributed by atoms with E-state index in [2.05, 4.69) is 0 Å². The van der Waals surface area contributed by atoms with E-state index in [1.54, 1.807) is 0 Å². The molecular weight excluding hydrogens is 568 g/mol. The van der Waals surface area contributed by atoms with Crippen LogP contribution in [-0.2, 0) is 23.7 Å². The Balaban J connectivity index is 1.40. The first-order chi connectivity index (χ1) is 19.9. The van der Waals surface area contributed by atoms with E-state index in [0.717, 1.165) is 0 Å². The second-order valence-electron chi connectivity index (χ2n) is 12.3. The number of aliphatic hydroxyl groups is 11. The summed E-state index contributed by atoms with van der Waals surface area (Å²) in [5.41, 5.74) is 0. The summed E-state index contributed by atoms with van der Waals surface area (Å²) in [6.45, 7) is -1.10. The van der Waals surface area contributed by atoms with Gasteiger partial charge in [0.1, 0.15) is 48.8 Å². The highest BCUT2D eigenvalue weighted by atomic mass is 16.8. The summed E-state index contributed by atoms with van der Waals surface area (Å²) in [6.07, 6.45) is -21.5. The van der Waals surface area contributed by atoms with E-state index in [1.807, 2.05) is 0 Å². The Morgan fingerprint density at radius 3 is 1.95 bits per heavy atom. The van der Waals surface area contributed by atoms with Crippen molar-refractivity contribution in [2.75, 3.05) is 13.2 Å². The van der Waals surface area contributed by atoms with Crippen molar-refractivity contribution in [3.8, 4) is 0 Å². The van der Waals surface area contributed by atoms with E-state index in [1.165, 1.54) is 0 Å². The van der Waals surface area contributed by atoms with Crippen LogP contribution in [0, 0.1) is 11.8 Å². The SMILES string of the molecule is OC[C@H]1O[C@@H](OC2CC3C(O)CC(O)CC3OC2C2CC(O)C(O)C(O)C2)[C@H](O[C@@H]2OC[C@@H](O)[C@H](O)[C@H]2O)[C@@H](O)[C@H]1O. The van der Waals surface area contributed by atoms with Gasteiger partial charge in [-0.05, 0) is 38.0 Å². The fourth-order valence-electron chi connectivity index (χ4n) is 7.00. The first-order valence-electron chi connectivity index (χ1n) is 14.5. The van der Waals surface area contributed by atoms with Crippen molar-refractivity contribution < 1.29 is 79.9 Å². The molecule has 0 aromatic rings. The van der Waals surface area contributed by atoms with E-state index < -0.39 is 129 Å². The fourth-order valence-corrected chi connectivity index (χ4v) is 7.00. The lowest BCUT2D eigenvalue weighted by molar-refractivity contribution is -0.371. The zero-order chi connectivity index (χ0) is 30.5. The minimum Gasteiger partial charge on any atom is -0.394 e. The van der Waals surface area contributed by atoms with Crippen LogP contribution in [0.3, 0.4) is 0 Å². The van der Waals surface area contributed by atoms with Crippen LogP contribution in [0.1, 0.15) is 32.1 Å². The molecule has 8 unspecified atom stereocenters. The van der Waals surface area contributed by atoms with Crippen LogP contribution in [0.25, 0.3) is 0 Å². The lowest BCUT2D eigenvalue weighted by Crippen LogP contribution is -2.65. The number of fused-ring (bicyclic) bond motifs is 1. The predicted molar refractivity (Wildman–Crippen MR) is 134 cm³/mol. The summed E-state index contributed by atoms with van der Waals surface area (Å²) in [5.74, 6) is -1.03. The standard InChI is InChI=1S/C26H44O16/c27-6-17-20(35)21(36)24(42-25-22(37)19(34)14(32)7-38-25)26(41-17)40-16-5-10-11(29)3-9(28)4-15(10)39-23(16)8-1-12(30)18(33)13(31)2-8/h8-37H,1-7H2/t8?,9?,10?,11?,12?,13?,14-,15?,16?,17-,18?,19+,20+,21+,22-,23?,24-,25+,26-/m1/s1. The first kappa shape index (κ1) is 32.7. The van der Waals surface area contributed by atoms with Gasteiger partial charge in [0, 0.05) is 5.92 Å². The molecule has 2 saturated carbocycles. The van der Waals surface area contributed by atoms with Crippen molar-refractivity contribution in [3.05, 3.63) is 0 Å². The molecule has 5 rings (SSSR count). The van der Waals surface area contributed by atoms with E-state index in [9.17, 15) is 56.2 Å². The minimum atomic E-state index is -1.74. The van der Waals surface area contributed by atoms with Crippen LogP contribution in [0.4, 0.5) is 0 Å². The molecule has 5 aliphatic rings. The van der Waals surface area contributed by atoms with Crippen molar-refractivity contribution in [1.29, 1.82) is 0 Å². The summed E-state index contributed by atoms with van der Waals surface area (Å²) in [7, 11) is 0. The van der Waals surface area contributed by atoms with Crippen LogP contribution >= 0.6 is 0 Å². The van der Waals surface area contributed by atoms with E-state index in [-0.39, 0.29) is 32.1 Å². The minimum absolute atomic E-state index is 0.0413. The molecule has 3 aliphatic heterocycles. The molecule has 16 heteroatoms. The molecule has 0 bridgehead atoms. The molecule has 244 valence electrons. The van der Waals surface area contributed by atoms with Gasteiger partial charge in [-0.15, -0.1) is 0 Å². The quantitative estimate of drug-likeness (QED) is 0.133. The molecule has 0 aromatic heterocycles. The van der Waals surface area contributed by atoms with Gasteiger partial charge in [0.05, 0.1) is 55.9 Å². The number of hydrogen-bond acceptors (Lipinski definition) is 16. The molecule has 0 spiro atoms. The number of rotatable bonds is 6. The van der Waals surface area contributed by atoms with Gasteiger partial charge in [-0.3, -0.25) is 0 Å². The second kappa shape index (κ2) is 13.4. The van der Waals surface area contributed by atoms with Gasteiger partial charge in [0.15, 0.2) is 12.6 Å². The van der Waals surface area contributed by atoms with Gasteiger partial charge in [0.25, 0.3) is 0 Å². The molecule has 2 aliphatic carbocycles. The Bertz CT molecular complexity index is 871. The highest BCUT2D eigenvalue weighted by Gasteiger charge is 2.54. The Labute approximate surface area is 241 Å². The summed E-state index contributed by atoms with van der Waals surface area (Å²) in [4.78, 5) is 0. The van der Waals surface area contributed by atoms with E-state index in [4.69, 9.17) is 23.7 Å². The third-order valence-corrected chi connectivity index (χ3v) is 9.41. The highest BCUT2D eigenvalue weighted by Crippen LogP contribution is 2.43. The van der Waals surface area contributed by atoms with Gasteiger partial charge in [0.2, 0.25) is 0 Å². The first-order valence-corrected chi connectivity index (χ1v) is 14.5. The molecule has 11 N–H and O–H groups in total. The van der Waals surface area contributed by atoms with Crippen molar-refractivity contribution in [1.82, 2.24) is 0 Å². The predicted octanol–water partition coefficient (Wildman–Crippen LogP) is -5.58. The van der Waals surface area contributed by atoms with Gasteiger partial charge in [-0.1, -0.05) is 0 Å². The summed E-state index contributed by atoms with van der Waals surface area (Å²) in [6, 6.07) is 0. The molecule has 3 heterocycles. The molecule has 5 fully saturated rings. The van der Waals surface area contributed by atoms with Gasteiger partial charge in [-0.25, -0.2) is 0 Å². The smallest absolute Gasteiger partial charge is 0.187 e. The van der Waals surface area contributed by atoms with Crippen LogP contribution in [-0.4, -0.2) is 174 Å². The second-order valence-corrected chi connectivity index (χ2v) is 12.3. The number of hydrogen-bond donors (Lipinski definition) is 11. The molecule has 3 saturated heterocycles. The third-order valence-electron chi connectivity index (χ3n) is 9.41. The molecule has 0 amide bonds. The van der Waals surface area contributed by atoms with Crippen molar-refractivity contribution in [3.63, 3.8) is 0 Å². The zero-order valence-corrected chi connectivity index (χ0v) is 22.9. The van der Waals surface area contributed by atoms with Crippen LogP contribution < -0.4 is 0 Å². The molecule has 16 nitrogen and oxygen atoms in total. The normalized spacial score (nSPS) is 55.6. The van der Waals surface area contributed by atoms with Crippen molar-refractivity contribution in [2.24, 2.45) is 11.8 Å². The lowest BCUT2D eigenvalue weighted by Gasteiger charge is -2.52. The zero-order valence-electron chi connectivity index (χ0n) is 22.9. The monoisotopic (exact) mass is 612 g/mol. The molecule has 0 radical (unpaired) electrons. The maximum atomic E-state index is 11.0. The molecule has 17 atom stereocenters. The molecular formula is C26H44O16. The number of aliphatic hydroxyl groups excluding tert-OH is 11. The van der Waals surface area contributed by atoms with Crippen molar-refractivity contribution >= 4 is 0 Å². The lowest BCUT2D eigenvalue weighted by atomic mass is 9.72. The van der Waals surface area contributed by atoms with E-state index >= 15 is 0 Å². The molecule has 0 aromatic carbocycles. The van der Waals surface area contributed by atoms with Gasteiger partial charge >= 0.3 is 0 Å². The largest absolute Gasteiger partial charge is 0.394 e. The van der Waals surface area contributed by atoms with E-state index in [0.29, 0.717) is 0 Å². The Kier molecular flexibility index (Phi) is 10.4. The Morgan fingerprint density at radius 1 is 0.595 bits per heavy atom.